The van der Waals surface area contributed by atoms with E-state index in [2.05, 4.69) is 24.8 Å². The van der Waals surface area contributed by atoms with Crippen molar-refractivity contribution in [3.63, 3.8) is 0 Å². The quantitative estimate of drug-likeness (QED) is 0.568. The van der Waals surface area contributed by atoms with Gasteiger partial charge >= 0.3 is 0 Å². The summed E-state index contributed by atoms with van der Waals surface area (Å²) in [7, 11) is 0. The molecule has 0 amide bonds. The fourth-order valence-corrected chi connectivity index (χ4v) is 3.63. The third-order valence-electron chi connectivity index (χ3n) is 4.01. The smallest absolute Gasteiger partial charge is 0.133 e. The van der Waals surface area contributed by atoms with Gasteiger partial charge in [-0.15, -0.1) is 0 Å². The Morgan fingerprint density at radius 3 is 3.00 bits per heavy atom. The van der Waals surface area contributed by atoms with Crippen LogP contribution in [0.5, 0.6) is 0 Å². The van der Waals surface area contributed by atoms with Gasteiger partial charge in [0.05, 0.1) is 6.04 Å². The molecule has 0 radical (unpaired) electrons. The highest BCUT2D eigenvalue weighted by atomic mass is 32.1. The molecule has 94 valence electrons. The Morgan fingerprint density at radius 2 is 2.35 bits per heavy atom. The number of carbonyl (C=O) groups is 1. The van der Waals surface area contributed by atoms with Crippen LogP contribution in [0.1, 0.15) is 39.5 Å². The Kier molecular flexibility index (Phi) is 4.10. The Bertz CT molecular complexity index is 350. The van der Waals surface area contributed by atoms with Crippen molar-refractivity contribution in [3.8, 4) is 0 Å². The summed E-state index contributed by atoms with van der Waals surface area (Å²) in [5.74, 6) is 0.849. The largest absolute Gasteiger partial charge is 0.300 e. The molecule has 0 aromatic heterocycles. The van der Waals surface area contributed by atoms with Crippen LogP contribution in [0.2, 0.25) is 0 Å². The van der Waals surface area contributed by atoms with Crippen molar-refractivity contribution in [3.05, 3.63) is 11.6 Å². The van der Waals surface area contributed by atoms with Crippen LogP contribution in [-0.4, -0.2) is 34.7 Å². The Labute approximate surface area is 109 Å². The first-order chi connectivity index (χ1) is 8.17. The number of ketones is 1. The van der Waals surface area contributed by atoms with E-state index < -0.39 is 0 Å². The molecule has 2 aliphatic rings. The van der Waals surface area contributed by atoms with E-state index in [9.17, 15) is 4.79 Å². The Balaban J connectivity index is 2.26. The summed E-state index contributed by atoms with van der Waals surface area (Å²) in [6.07, 6.45) is 5.92. The lowest BCUT2D eigenvalue weighted by molar-refractivity contribution is -0.122. The molecule has 2 rings (SSSR count). The van der Waals surface area contributed by atoms with Gasteiger partial charge in [-0.2, -0.15) is 0 Å². The second-order valence-corrected chi connectivity index (χ2v) is 5.51. The lowest BCUT2D eigenvalue weighted by atomic mass is 9.77. The maximum absolute atomic E-state index is 11.6. The minimum atomic E-state index is 0.305. The van der Waals surface area contributed by atoms with Gasteiger partial charge in [-0.05, 0) is 32.2 Å². The van der Waals surface area contributed by atoms with E-state index >= 15 is 0 Å². The van der Waals surface area contributed by atoms with Crippen molar-refractivity contribution >= 4 is 23.4 Å². The molecule has 1 unspecified atom stereocenters. The lowest BCUT2D eigenvalue weighted by Gasteiger charge is -2.46. The first kappa shape index (κ1) is 12.9. The van der Waals surface area contributed by atoms with Gasteiger partial charge in [-0.3, -0.25) is 9.69 Å². The number of carbonyl (C=O) groups excluding carboxylic acids is 1. The topological polar surface area (TPSA) is 20.3 Å². The first-order valence-electron chi connectivity index (χ1n) is 6.58. The van der Waals surface area contributed by atoms with Crippen molar-refractivity contribution in [2.24, 2.45) is 5.92 Å². The molecule has 3 heteroatoms. The third-order valence-corrected chi connectivity index (χ3v) is 4.27. The number of hydrogen-bond donors (Lipinski definition) is 0. The lowest BCUT2D eigenvalue weighted by Crippen LogP contribution is -2.53. The summed E-state index contributed by atoms with van der Waals surface area (Å²) in [6, 6.07) is 0.833. The van der Waals surface area contributed by atoms with Gasteiger partial charge in [0, 0.05) is 24.3 Å². The van der Waals surface area contributed by atoms with Crippen LogP contribution >= 0.6 is 12.2 Å². The van der Waals surface area contributed by atoms with E-state index in [0.717, 1.165) is 32.2 Å². The van der Waals surface area contributed by atoms with Gasteiger partial charge in [0.1, 0.15) is 5.78 Å². The van der Waals surface area contributed by atoms with Gasteiger partial charge in [-0.1, -0.05) is 30.8 Å². The predicted molar refractivity (Wildman–Crippen MR) is 74.3 cm³/mol. The zero-order chi connectivity index (χ0) is 12.4. The van der Waals surface area contributed by atoms with Gasteiger partial charge in [0.2, 0.25) is 0 Å². The van der Waals surface area contributed by atoms with E-state index in [1.807, 2.05) is 5.37 Å². The van der Waals surface area contributed by atoms with Gasteiger partial charge in [-0.25, -0.2) is 0 Å². The minimum Gasteiger partial charge on any atom is -0.300 e. The van der Waals surface area contributed by atoms with Crippen LogP contribution in [0, 0.1) is 5.92 Å². The molecule has 2 nitrogen and oxygen atoms in total. The third kappa shape index (κ3) is 2.50. The van der Waals surface area contributed by atoms with E-state index in [4.69, 9.17) is 12.2 Å². The highest BCUT2D eigenvalue weighted by Gasteiger charge is 2.38. The molecule has 0 aromatic carbocycles. The molecular weight excluding hydrogens is 230 g/mol. The zero-order valence-electron chi connectivity index (χ0n) is 10.7. The van der Waals surface area contributed by atoms with Crippen LogP contribution in [-0.2, 0) is 4.79 Å². The molecule has 0 saturated heterocycles. The molecule has 1 heterocycles. The molecule has 0 aromatic rings. The van der Waals surface area contributed by atoms with Crippen LogP contribution < -0.4 is 0 Å². The predicted octanol–water partition coefficient (Wildman–Crippen LogP) is 2.76. The zero-order valence-corrected chi connectivity index (χ0v) is 11.5. The molecule has 3 atom stereocenters. The maximum atomic E-state index is 11.6. The number of nitrogens with zero attached hydrogens (tertiary/aromatic N) is 1. The highest BCUT2D eigenvalue weighted by molar-refractivity contribution is 7.79. The molecule has 0 spiro atoms. The number of hydrogen-bond acceptors (Lipinski definition) is 3. The molecule has 17 heavy (non-hydrogen) atoms. The average molecular weight is 251 g/mol. The normalized spacial score (nSPS) is 34.1. The molecule has 1 aliphatic heterocycles. The molecular formula is C14H21NOS. The fourth-order valence-electron chi connectivity index (χ4n) is 3.26. The molecule has 0 bridgehead atoms. The summed E-state index contributed by atoms with van der Waals surface area (Å²) >= 11 is 5.18. The summed E-state index contributed by atoms with van der Waals surface area (Å²) in [5, 5.41) is 1.88. The monoisotopic (exact) mass is 251 g/mol. The molecule has 1 fully saturated rings. The minimum absolute atomic E-state index is 0.305. The van der Waals surface area contributed by atoms with Crippen molar-refractivity contribution in [2.75, 3.05) is 6.54 Å². The molecule has 0 N–H and O–H groups in total. The van der Waals surface area contributed by atoms with Crippen LogP contribution in [0.25, 0.3) is 0 Å². The van der Waals surface area contributed by atoms with Crippen molar-refractivity contribution in [2.45, 2.75) is 51.6 Å². The summed E-state index contributed by atoms with van der Waals surface area (Å²) in [4.78, 5) is 14.1. The SMILES string of the molecule is CCCN1C2CCC(=O)C[C@H]2C=C(C)[C@H]1C=S. The molecule has 1 aliphatic carbocycles. The highest BCUT2D eigenvalue weighted by Crippen LogP contribution is 2.35. The number of Topliss-reactive ketones (excluding diaryl/α,β-unsaturated/α-hetero) is 1. The van der Waals surface area contributed by atoms with Crippen molar-refractivity contribution in [1.82, 2.24) is 4.90 Å². The second-order valence-electron chi connectivity index (χ2n) is 5.24. The van der Waals surface area contributed by atoms with Gasteiger partial charge in [0.15, 0.2) is 0 Å². The van der Waals surface area contributed by atoms with E-state index in [-0.39, 0.29) is 0 Å². The summed E-state index contributed by atoms with van der Waals surface area (Å²) in [6.45, 7) is 5.43. The van der Waals surface area contributed by atoms with Crippen LogP contribution in [0.15, 0.2) is 11.6 Å². The van der Waals surface area contributed by atoms with Crippen molar-refractivity contribution in [1.29, 1.82) is 0 Å². The number of fused-ring (bicyclic) bond motifs is 1. The standard InChI is InChI=1S/C14H21NOS/c1-3-6-15-13-5-4-12(16)8-11(13)7-10(2)14(15)9-17/h7,9,11,13-14H,3-6,8H2,1-2H3/t11-,13?,14-/m1/s1. The van der Waals surface area contributed by atoms with Crippen LogP contribution in [0.4, 0.5) is 0 Å². The Morgan fingerprint density at radius 1 is 1.59 bits per heavy atom. The van der Waals surface area contributed by atoms with E-state index in [1.54, 1.807) is 0 Å². The van der Waals surface area contributed by atoms with E-state index in [1.165, 1.54) is 5.57 Å². The van der Waals surface area contributed by atoms with Gasteiger partial charge < -0.3 is 0 Å². The molecule has 1 saturated carbocycles. The first-order valence-corrected chi connectivity index (χ1v) is 7.05. The van der Waals surface area contributed by atoms with Crippen LogP contribution in [0.3, 0.4) is 0 Å². The summed E-state index contributed by atoms with van der Waals surface area (Å²) in [5.41, 5.74) is 1.32. The fraction of sp³-hybridized carbons (Fsp3) is 0.714. The van der Waals surface area contributed by atoms with E-state index in [0.29, 0.717) is 23.8 Å². The van der Waals surface area contributed by atoms with Gasteiger partial charge in [0.25, 0.3) is 0 Å². The number of thiocarbonyl (C=S) groups is 1. The number of rotatable bonds is 3. The average Bonchev–Trinajstić information content (AvgIpc) is 2.29. The Hall–Kier alpha value is -0.540. The maximum Gasteiger partial charge on any atom is 0.133 e. The summed E-state index contributed by atoms with van der Waals surface area (Å²) < 4.78 is 0. The second kappa shape index (κ2) is 5.40. The van der Waals surface area contributed by atoms with Crippen molar-refractivity contribution < 1.29 is 4.79 Å².